The zero-order valence-corrected chi connectivity index (χ0v) is 12.8. The van der Waals surface area contributed by atoms with E-state index in [1.165, 1.54) is 5.56 Å². The largest absolute Gasteiger partial charge is 0.353 e. The number of benzene rings is 1. The molecule has 3 rings (SSSR count). The quantitative estimate of drug-likeness (QED) is 0.864. The molecule has 0 N–H and O–H groups in total. The van der Waals surface area contributed by atoms with E-state index in [4.69, 9.17) is 0 Å². The van der Waals surface area contributed by atoms with Gasteiger partial charge in [-0.3, -0.25) is 4.90 Å². The number of piperazine rings is 1. The standard InChI is InChI=1S/C15H17BrN4/c16-14-10-18-15(11-17-14)20-8-6-19(7-9-20)12-13-4-2-1-3-5-13/h1-5,10-11H,6-9,12H2. The summed E-state index contributed by atoms with van der Waals surface area (Å²) in [4.78, 5) is 13.4. The Morgan fingerprint density at radius 3 is 2.35 bits per heavy atom. The van der Waals surface area contributed by atoms with Gasteiger partial charge >= 0.3 is 0 Å². The zero-order chi connectivity index (χ0) is 13.8. The molecule has 2 aromatic rings. The van der Waals surface area contributed by atoms with Gasteiger partial charge in [0.1, 0.15) is 10.4 Å². The average Bonchev–Trinajstić information content (AvgIpc) is 2.50. The Bertz CT molecular complexity index is 536. The first-order valence-electron chi connectivity index (χ1n) is 6.80. The fraction of sp³-hybridized carbons (Fsp3) is 0.333. The number of nitrogens with zero attached hydrogens (tertiary/aromatic N) is 4. The van der Waals surface area contributed by atoms with Gasteiger partial charge < -0.3 is 4.90 Å². The Hall–Kier alpha value is -1.46. The zero-order valence-electron chi connectivity index (χ0n) is 11.2. The first-order chi connectivity index (χ1) is 9.81. The van der Waals surface area contributed by atoms with Crippen LogP contribution in [0.3, 0.4) is 0 Å². The van der Waals surface area contributed by atoms with Gasteiger partial charge in [0.15, 0.2) is 0 Å². The molecule has 0 saturated carbocycles. The monoisotopic (exact) mass is 332 g/mol. The van der Waals surface area contributed by atoms with E-state index in [1.807, 2.05) is 6.20 Å². The van der Waals surface area contributed by atoms with Crippen LogP contribution in [0.1, 0.15) is 5.56 Å². The van der Waals surface area contributed by atoms with Crippen LogP contribution in [0.2, 0.25) is 0 Å². The Morgan fingerprint density at radius 1 is 0.950 bits per heavy atom. The SMILES string of the molecule is Brc1cnc(N2CCN(Cc3ccccc3)CC2)cn1. The first kappa shape index (κ1) is 13.5. The molecule has 1 aromatic carbocycles. The van der Waals surface area contributed by atoms with Crippen LogP contribution in [0, 0.1) is 0 Å². The summed E-state index contributed by atoms with van der Waals surface area (Å²) in [6.45, 7) is 5.16. The molecule has 1 aromatic heterocycles. The van der Waals surface area contributed by atoms with Crippen molar-refractivity contribution in [2.75, 3.05) is 31.1 Å². The summed E-state index contributed by atoms with van der Waals surface area (Å²) in [5, 5.41) is 0. The summed E-state index contributed by atoms with van der Waals surface area (Å²) in [6.07, 6.45) is 3.59. The van der Waals surface area contributed by atoms with Crippen molar-refractivity contribution >= 4 is 21.7 Å². The maximum atomic E-state index is 4.41. The molecule has 1 aliphatic rings. The second-order valence-corrected chi connectivity index (χ2v) is 5.76. The van der Waals surface area contributed by atoms with Gasteiger partial charge in [-0.05, 0) is 21.5 Å². The van der Waals surface area contributed by atoms with Crippen molar-refractivity contribution in [1.82, 2.24) is 14.9 Å². The van der Waals surface area contributed by atoms with Crippen LogP contribution < -0.4 is 4.90 Å². The highest BCUT2D eigenvalue weighted by molar-refractivity contribution is 9.10. The molecule has 1 saturated heterocycles. The van der Waals surface area contributed by atoms with Crippen molar-refractivity contribution in [2.24, 2.45) is 0 Å². The molecule has 2 heterocycles. The third-order valence-corrected chi connectivity index (χ3v) is 3.96. The summed E-state index contributed by atoms with van der Waals surface area (Å²) in [5.41, 5.74) is 1.38. The van der Waals surface area contributed by atoms with Gasteiger partial charge in [0.2, 0.25) is 0 Å². The van der Waals surface area contributed by atoms with E-state index in [1.54, 1.807) is 6.20 Å². The summed E-state index contributed by atoms with van der Waals surface area (Å²) in [6, 6.07) is 10.6. The Kier molecular flexibility index (Phi) is 4.28. The van der Waals surface area contributed by atoms with Gasteiger partial charge in [0.05, 0.1) is 12.4 Å². The van der Waals surface area contributed by atoms with E-state index in [-0.39, 0.29) is 0 Å². The van der Waals surface area contributed by atoms with Gasteiger partial charge in [-0.15, -0.1) is 0 Å². The van der Waals surface area contributed by atoms with Crippen LogP contribution in [-0.2, 0) is 6.54 Å². The van der Waals surface area contributed by atoms with Crippen LogP contribution in [0.5, 0.6) is 0 Å². The van der Waals surface area contributed by atoms with Gasteiger partial charge in [-0.25, -0.2) is 9.97 Å². The molecule has 0 bridgehead atoms. The smallest absolute Gasteiger partial charge is 0.147 e. The minimum atomic E-state index is 0.781. The molecule has 0 atom stereocenters. The van der Waals surface area contributed by atoms with E-state index >= 15 is 0 Å². The molecule has 0 radical (unpaired) electrons. The molecule has 1 aliphatic heterocycles. The average molecular weight is 333 g/mol. The summed E-state index contributed by atoms with van der Waals surface area (Å²) < 4.78 is 0.781. The molecular formula is C15H17BrN4. The third kappa shape index (κ3) is 3.35. The number of anilines is 1. The maximum absolute atomic E-state index is 4.41. The first-order valence-corrected chi connectivity index (χ1v) is 7.59. The molecule has 20 heavy (non-hydrogen) atoms. The van der Waals surface area contributed by atoms with Gasteiger partial charge in [0.25, 0.3) is 0 Å². The van der Waals surface area contributed by atoms with Crippen molar-refractivity contribution in [2.45, 2.75) is 6.54 Å². The topological polar surface area (TPSA) is 32.3 Å². The fourth-order valence-corrected chi connectivity index (χ4v) is 2.65. The number of hydrogen-bond acceptors (Lipinski definition) is 4. The van der Waals surface area contributed by atoms with Crippen molar-refractivity contribution in [3.63, 3.8) is 0 Å². The Morgan fingerprint density at radius 2 is 1.70 bits per heavy atom. The van der Waals surface area contributed by atoms with Crippen molar-refractivity contribution in [1.29, 1.82) is 0 Å². The number of halogens is 1. The van der Waals surface area contributed by atoms with Crippen molar-refractivity contribution in [3.8, 4) is 0 Å². The van der Waals surface area contributed by atoms with Crippen LogP contribution >= 0.6 is 15.9 Å². The molecule has 1 fully saturated rings. The molecule has 0 unspecified atom stereocenters. The Labute approximate surface area is 127 Å². The molecule has 5 heteroatoms. The predicted octanol–water partition coefficient (Wildman–Crippen LogP) is 2.56. The number of rotatable bonds is 3. The minimum absolute atomic E-state index is 0.781. The van der Waals surface area contributed by atoms with E-state index in [2.05, 4.69) is 66.0 Å². The van der Waals surface area contributed by atoms with Crippen molar-refractivity contribution < 1.29 is 0 Å². The van der Waals surface area contributed by atoms with Crippen LogP contribution in [-0.4, -0.2) is 41.0 Å². The van der Waals surface area contributed by atoms with Crippen LogP contribution in [0.4, 0.5) is 5.82 Å². The fourth-order valence-electron chi connectivity index (χ4n) is 2.45. The molecule has 4 nitrogen and oxygen atoms in total. The maximum Gasteiger partial charge on any atom is 0.147 e. The minimum Gasteiger partial charge on any atom is -0.353 e. The van der Waals surface area contributed by atoms with Crippen LogP contribution in [0.15, 0.2) is 47.3 Å². The molecule has 0 spiro atoms. The normalized spacial score (nSPS) is 16.4. The lowest BCUT2D eigenvalue weighted by molar-refractivity contribution is 0.249. The molecule has 0 amide bonds. The highest BCUT2D eigenvalue weighted by Crippen LogP contribution is 2.15. The lowest BCUT2D eigenvalue weighted by Crippen LogP contribution is -2.46. The van der Waals surface area contributed by atoms with Crippen LogP contribution in [0.25, 0.3) is 0 Å². The second-order valence-electron chi connectivity index (χ2n) is 4.95. The summed E-state index contributed by atoms with van der Waals surface area (Å²) >= 11 is 3.32. The van der Waals surface area contributed by atoms with Gasteiger partial charge in [0, 0.05) is 32.7 Å². The third-order valence-electron chi connectivity index (χ3n) is 3.55. The summed E-state index contributed by atoms with van der Waals surface area (Å²) in [5.74, 6) is 0.965. The van der Waals surface area contributed by atoms with Crippen molar-refractivity contribution in [3.05, 3.63) is 52.9 Å². The number of aromatic nitrogens is 2. The van der Waals surface area contributed by atoms with E-state index in [0.717, 1.165) is 43.1 Å². The summed E-state index contributed by atoms with van der Waals surface area (Å²) in [7, 11) is 0. The molecule has 0 aliphatic carbocycles. The number of hydrogen-bond donors (Lipinski definition) is 0. The van der Waals surface area contributed by atoms with E-state index in [0.29, 0.717) is 0 Å². The lowest BCUT2D eigenvalue weighted by Gasteiger charge is -2.35. The highest BCUT2D eigenvalue weighted by Gasteiger charge is 2.18. The molecule has 104 valence electrons. The van der Waals surface area contributed by atoms with Gasteiger partial charge in [-0.1, -0.05) is 30.3 Å². The second kappa shape index (κ2) is 6.33. The predicted molar refractivity (Wildman–Crippen MR) is 83.7 cm³/mol. The molecular weight excluding hydrogens is 316 g/mol. The lowest BCUT2D eigenvalue weighted by atomic mass is 10.2. The highest BCUT2D eigenvalue weighted by atomic mass is 79.9. The van der Waals surface area contributed by atoms with E-state index in [9.17, 15) is 0 Å². The van der Waals surface area contributed by atoms with E-state index < -0.39 is 0 Å². The van der Waals surface area contributed by atoms with Gasteiger partial charge in [-0.2, -0.15) is 0 Å². The Balaban J connectivity index is 1.55.